The SMILES string of the molecule is CCOc1cccc(C(O)C(C)C#N)c1. The summed E-state index contributed by atoms with van der Waals surface area (Å²) < 4.78 is 5.32. The summed E-state index contributed by atoms with van der Waals surface area (Å²) in [6, 6.07) is 9.23. The zero-order chi connectivity index (χ0) is 11.3. The number of aliphatic hydroxyl groups is 1. The minimum absolute atomic E-state index is 0.415. The summed E-state index contributed by atoms with van der Waals surface area (Å²) in [5.74, 6) is 0.307. The van der Waals surface area contributed by atoms with Crippen molar-refractivity contribution >= 4 is 0 Å². The third-order valence-corrected chi connectivity index (χ3v) is 2.19. The van der Waals surface area contributed by atoms with Crippen LogP contribution in [0.15, 0.2) is 24.3 Å². The number of nitriles is 1. The molecule has 0 amide bonds. The highest BCUT2D eigenvalue weighted by molar-refractivity contribution is 5.30. The van der Waals surface area contributed by atoms with Gasteiger partial charge in [0.2, 0.25) is 0 Å². The molecule has 0 spiro atoms. The molecule has 1 N–H and O–H groups in total. The van der Waals surface area contributed by atoms with Gasteiger partial charge in [-0.15, -0.1) is 0 Å². The van der Waals surface area contributed by atoms with Crippen molar-refractivity contribution < 1.29 is 9.84 Å². The summed E-state index contributed by atoms with van der Waals surface area (Å²) in [4.78, 5) is 0. The molecule has 0 heterocycles. The van der Waals surface area contributed by atoms with E-state index in [1.165, 1.54) is 0 Å². The lowest BCUT2D eigenvalue weighted by molar-refractivity contribution is 0.142. The van der Waals surface area contributed by atoms with Crippen LogP contribution in [0.3, 0.4) is 0 Å². The van der Waals surface area contributed by atoms with Gasteiger partial charge < -0.3 is 9.84 Å². The predicted octanol–water partition coefficient (Wildman–Crippen LogP) is 2.28. The van der Waals surface area contributed by atoms with E-state index in [2.05, 4.69) is 0 Å². The molecule has 0 bridgehead atoms. The van der Waals surface area contributed by atoms with E-state index in [0.29, 0.717) is 6.61 Å². The van der Waals surface area contributed by atoms with Gasteiger partial charge in [0.25, 0.3) is 0 Å². The first-order valence-corrected chi connectivity index (χ1v) is 4.99. The molecule has 0 saturated carbocycles. The lowest BCUT2D eigenvalue weighted by atomic mass is 9.99. The normalized spacial score (nSPS) is 14.0. The summed E-state index contributed by atoms with van der Waals surface area (Å²) in [6.45, 7) is 4.19. The van der Waals surface area contributed by atoms with E-state index < -0.39 is 12.0 Å². The van der Waals surface area contributed by atoms with Gasteiger partial charge in [-0.05, 0) is 31.5 Å². The molecule has 2 unspecified atom stereocenters. The first-order valence-electron chi connectivity index (χ1n) is 4.99. The van der Waals surface area contributed by atoms with Crippen LogP contribution in [-0.4, -0.2) is 11.7 Å². The summed E-state index contributed by atoms with van der Waals surface area (Å²) in [5.41, 5.74) is 0.718. The third kappa shape index (κ3) is 2.97. The van der Waals surface area contributed by atoms with Crippen molar-refractivity contribution in [1.29, 1.82) is 5.26 Å². The number of ether oxygens (including phenoxy) is 1. The van der Waals surface area contributed by atoms with Gasteiger partial charge in [-0.1, -0.05) is 12.1 Å². The van der Waals surface area contributed by atoms with E-state index in [-0.39, 0.29) is 0 Å². The first kappa shape index (κ1) is 11.5. The number of aliphatic hydroxyl groups excluding tert-OH is 1. The summed E-state index contributed by atoms with van der Waals surface area (Å²) in [6.07, 6.45) is -0.754. The second kappa shape index (κ2) is 5.38. The van der Waals surface area contributed by atoms with E-state index in [4.69, 9.17) is 10.00 Å². The molecule has 3 heteroatoms. The minimum Gasteiger partial charge on any atom is -0.494 e. The number of hydrogen-bond donors (Lipinski definition) is 1. The molecule has 0 fully saturated rings. The Morgan fingerprint density at radius 1 is 1.53 bits per heavy atom. The summed E-state index contributed by atoms with van der Waals surface area (Å²) in [7, 11) is 0. The molecule has 2 atom stereocenters. The molecule has 15 heavy (non-hydrogen) atoms. The van der Waals surface area contributed by atoms with Crippen LogP contribution in [-0.2, 0) is 0 Å². The Kier molecular flexibility index (Phi) is 4.14. The van der Waals surface area contributed by atoms with E-state index in [1.54, 1.807) is 19.1 Å². The van der Waals surface area contributed by atoms with Crippen LogP contribution in [0.4, 0.5) is 0 Å². The Hall–Kier alpha value is -1.53. The number of benzene rings is 1. The molecule has 0 aliphatic rings. The molecule has 3 nitrogen and oxygen atoms in total. The molecule has 0 aromatic heterocycles. The van der Waals surface area contributed by atoms with Crippen LogP contribution in [0.2, 0.25) is 0 Å². The fourth-order valence-electron chi connectivity index (χ4n) is 1.31. The Balaban J connectivity index is 2.85. The fourth-order valence-corrected chi connectivity index (χ4v) is 1.31. The number of hydrogen-bond acceptors (Lipinski definition) is 3. The van der Waals surface area contributed by atoms with Gasteiger partial charge in [0.1, 0.15) is 5.75 Å². The zero-order valence-electron chi connectivity index (χ0n) is 8.97. The van der Waals surface area contributed by atoms with Crippen LogP contribution in [0, 0.1) is 17.2 Å². The second-order valence-corrected chi connectivity index (χ2v) is 3.37. The summed E-state index contributed by atoms with van der Waals surface area (Å²) >= 11 is 0. The predicted molar refractivity (Wildman–Crippen MR) is 57.3 cm³/mol. The van der Waals surface area contributed by atoms with Crippen molar-refractivity contribution in [2.75, 3.05) is 6.61 Å². The number of nitrogens with zero attached hydrogens (tertiary/aromatic N) is 1. The number of rotatable bonds is 4. The van der Waals surface area contributed by atoms with Crippen molar-refractivity contribution in [3.63, 3.8) is 0 Å². The lowest BCUT2D eigenvalue weighted by Crippen LogP contribution is -2.07. The standard InChI is InChI=1S/C12H15NO2/c1-3-15-11-6-4-5-10(7-11)12(14)9(2)8-13/h4-7,9,12,14H,3H2,1-2H3. The molecule has 80 valence electrons. The third-order valence-electron chi connectivity index (χ3n) is 2.19. The van der Waals surface area contributed by atoms with Crippen LogP contribution in [0.5, 0.6) is 5.75 Å². The van der Waals surface area contributed by atoms with Gasteiger partial charge in [-0.3, -0.25) is 0 Å². The zero-order valence-corrected chi connectivity index (χ0v) is 8.97. The first-order chi connectivity index (χ1) is 7.19. The Bertz CT molecular complexity index is 357. The van der Waals surface area contributed by atoms with Gasteiger partial charge in [0.15, 0.2) is 0 Å². The summed E-state index contributed by atoms with van der Waals surface area (Å²) in [5, 5.41) is 18.5. The Morgan fingerprint density at radius 2 is 2.27 bits per heavy atom. The van der Waals surface area contributed by atoms with Crippen molar-refractivity contribution in [2.45, 2.75) is 20.0 Å². The maximum Gasteiger partial charge on any atom is 0.119 e. The van der Waals surface area contributed by atoms with Crippen LogP contribution in [0.25, 0.3) is 0 Å². The molecule has 1 aromatic carbocycles. The topological polar surface area (TPSA) is 53.2 Å². The largest absolute Gasteiger partial charge is 0.494 e. The molecule has 0 saturated heterocycles. The Labute approximate surface area is 89.9 Å². The quantitative estimate of drug-likeness (QED) is 0.820. The molecule has 1 rings (SSSR count). The van der Waals surface area contributed by atoms with E-state index in [1.807, 2.05) is 25.1 Å². The van der Waals surface area contributed by atoms with Gasteiger partial charge in [-0.2, -0.15) is 5.26 Å². The molecule has 0 aliphatic carbocycles. The molecule has 0 aliphatic heterocycles. The van der Waals surface area contributed by atoms with E-state index in [9.17, 15) is 5.11 Å². The maximum absolute atomic E-state index is 9.80. The fraction of sp³-hybridized carbons (Fsp3) is 0.417. The van der Waals surface area contributed by atoms with E-state index in [0.717, 1.165) is 11.3 Å². The minimum atomic E-state index is -0.754. The average molecular weight is 205 g/mol. The van der Waals surface area contributed by atoms with Gasteiger partial charge in [0.05, 0.1) is 24.7 Å². The van der Waals surface area contributed by atoms with Crippen molar-refractivity contribution in [3.8, 4) is 11.8 Å². The van der Waals surface area contributed by atoms with E-state index >= 15 is 0 Å². The average Bonchev–Trinajstić information content (AvgIpc) is 2.28. The van der Waals surface area contributed by atoms with Crippen LogP contribution < -0.4 is 4.74 Å². The van der Waals surface area contributed by atoms with Gasteiger partial charge in [0, 0.05) is 0 Å². The van der Waals surface area contributed by atoms with Gasteiger partial charge >= 0.3 is 0 Å². The second-order valence-electron chi connectivity index (χ2n) is 3.37. The van der Waals surface area contributed by atoms with Crippen molar-refractivity contribution in [1.82, 2.24) is 0 Å². The molecular formula is C12H15NO2. The van der Waals surface area contributed by atoms with Crippen LogP contribution in [0.1, 0.15) is 25.5 Å². The van der Waals surface area contributed by atoms with Gasteiger partial charge in [-0.25, -0.2) is 0 Å². The lowest BCUT2D eigenvalue weighted by Gasteiger charge is -2.13. The smallest absolute Gasteiger partial charge is 0.119 e. The highest BCUT2D eigenvalue weighted by Crippen LogP contribution is 2.24. The Morgan fingerprint density at radius 3 is 2.87 bits per heavy atom. The monoisotopic (exact) mass is 205 g/mol. The van der Waals surface area contributed by atoms with Crippen LogP contribution >= 0.6 is 0 Å². The molecule has 1 aromatic rings. The highest BCUT2D eigenvalue weighted by Gasteiger charge is 2.15. The van der Waals surface area contributed by atoms with Crippen molar-refractivity contribution in [2.24, 2.45) is 5.92 Å². The highest BCUT2D eigenvalue weighted by atomic mass is 16.5. The van der Waals surface area contributed by atoms with Crippen molar-refractivity contribution in [3.05, 3.63) is 29.8 Å². The molecule has 0 radical (unpaired) electrons. The molecular weight excluding hydrogens is 190 g/mol. The maximum atomic E-state index is 9.80.